The third-order valence-corrected chi connectivity index (χ3v) is 5.24. The van der Waals surface area contributed by atoms with Crippen LogP contribution in [0.3, 0.4) is 0 Å². The third kappa shape index (κ3) is 8.06. The fourth-order valence-electron chi connectivity index (χ4n) is 3.45. The first-order valence-corrected chi connectivity index (χ1v) is 11.2. The van der Waals surface area contributed by atoms with Crippen LogP contribution in [0.2, 0.25) is 0 Å². The molecule has 2 heteroatoms. The van der Waals surface area contributed by atoms with Crippen LogP contribution in [-0.2, 0) is 4.74 Å². The fourth-order valence-corrected chi connectivity index (χ4v) is 3.45. The Labute approximate surface area is 172 Å². The maximum absolute atomic E-state index is 6.04. The van der Waals surface area contributed by atoms with Gasteiger partial charge in [-0.25, -0.2) is 0 Å². The molecule has 154 valence electrons. The number of rotatable bonds is 14. The minimum Gasteiger partial charge on any atom is -0.494 e. The molecule has 0 aromatic heterocycles. The molecule has 2 aromatic carbocycles. The Balaban J connectivity index is 1.69. The van der Waals surface area contributed by atoms with Crippen LogP contribution in [0, 0.1) is 0 Å². The van der Waals surface area contributed by atoms with Crippen molar-refractivity contribution < 1.29 is 9.47 Å². The topological polar surface area (TPSA) is 18.5 Å². The predicted octanol–water partition coefficient (Wildman–Crippen LogP) is 7.97. The van der Waals surface area contributed by atoms with E-state index in [0.717, 1.165) is 12.4 Å². The largest absolute Gasteiger partial charge is 0.494 e. The van der Waals surface area contributed by atoms with Crippen molar-refractivity contribution in [3.63, 3.8) is 0 Å². The number of hydrogen-bond acceptors (Lipinski definition) is 2. The summed E-state index contributed by atoms with van der Waals surface area (Å²) in [6.45, 7) is 7.98. The van der Waals surface area contributed by atoms with Crippen LogP contribution in [0.5, 0.6) is 5.75 Å². The van der Waals surface area contributed by atoms with Gasteiger partial charge in [0.1, 0.15) is 5.75 Å². The highest BCUT2D eigenvalue weighted by atomic mass is 16.5. The number of unbranched alkanes of at least 4 members (excludes halogenated alkanes) is 7. The summed E-state index contributed by atoms with van der Waals surface area (Å²) in [6.07, 6.45) is 10.8. The van der Waals surface area contributed by atoms with E-state index in [1.54, 1.807) is 0 Å². The lowest BCUT2D eigenvalue weighted by Gasteiger charge is -2.14. The first-order valence-electron chi connectivity index (χ1n) is 11.2. The molecule has 28 heavy (non-hydrogen) atoms. The van der Waals surface area contributed by atoms with E-state index in [4.69, 9.17) is 9.47 Å². The lowest BCUT2D eigenvalue weighted by molar-refractivity contribution is 0.0627. The summed E-state index contributed by atoms with van der Waals surface area (Å²) in [5.41, 5.74) is 3.68. The van der Waals surface area contributed by atoms with Gasteiger partial charge in [0, 0.05) is 6.61 Å². The third-order valence-electron chi connectivity index (χ3n) is 5.24. The van der Waals surface area contributed by atoms with E-state index >= 15 is 0 Å². The predicted molar refractivity (Wildman–Crippen MR) is 120 cm³/mol. The van der Waals surface area contributed by atoms with Gasteiger partial charge >= 0.3 is 0 Å². The summed E-state index contributed by atoms with van der Waals surface area (Å²) >= 11 is 0. The summed E-state index contributed by atoms with van der Waals surface area (Å²) in [7, 11) is 0. The van der Waals surface area contributed by atoms with Gasteiger partial charge in [-0.3, -0.25) is 0 Å². The molecule has 2 nitrogen and oxygen atoms in total. The second-order valence-corrected chi connectivity index (χ2v) is 7.57. The van der Waals surface area contributed by atoms with Gasteiger partial charge in [-0.2, -0.15) is 0 Å². The molecule has 0 radical (unpaired) electrons. The standard InChI is InChI=1S/C26H38O2/c1-4-6-7-8-9-10-11-12-21-28-22(3)23-13-15-24(16-14-23)25-17-19-26(20-18-25)27-5-2/h13-20,22H,4-12,21H2,1-3H3. The van der Waals surface area contributed by atoms with Gasteiger partial charge in [0.15, 0.2) is 0 Å². The summed E-state index contributed by atoms with van der Waals surface area (Å²) in [6, 6.07) is 17.0. The number of benzene rings is 2. The van der Waals surface area contributed by atoms with Crippen molar-refractivity contribution in [3.05, 3.63) is 54.1 Å². The first kappa shape index (κ1) is 22.5. The minimum absolute atomic E-state index is 0.152. The Bertz CT molecular complexity index is 630. The second kappa shape index (κ2) is 13.4. The van der Waals surface area contributed by atoms with Crippen LogP contribution < -0.4 is 4.74 Å². The van der Waals surface area contributed by atoms with Crippen molar-refractivity contribution in [3.8, 4) is 16.9 Å². The lowest BCUT2D eigenvalue weighted by Crippen LogP contribution is -2.01. The lowest BCUT2D eigenvalue weighted by atomic mass is 10.0. The summed E-state index contributed by atoms with van der Waals surface area (Å²) in [4.78, 5) is 0. The molecule has 1 unspecified atom stereocenters. The number of ether oxygens (including phenoxy) is 2. The van der Waals surface area contributed by atoms with Crippen LogP contribution >= 0.6 is 0 Å². The molecule has 0 saturated heterocycles. The van der Waals surface area contributed by atoms with Gasteiger partial charge < -0.3 is 9.47 Å². The summed E-state index contributed by atoms with van der Waals surface area (Å²) in [5.74, 6) is 0.922. The quantitative estimate of drug-likeness (QED) is 0.308. The minimum atomic E-state index is 0.152. The smallest absolute Gasteiger partial charge is 0.119 e. The monoisotopic (exact) mass is 382 g/mol. The van der Waals surface area contributed by atoms with Gasteiger partial charge in [0.2, 0.25) is 0 Å². The van der Waals surface area contributed by atoms with E-state index in [0.29, 0.717) is 6.61 Å². The van der Waals surface area contributed by atoms with Gasteiger partial charge in [-0.05, 0) is 49.1 Å². The van der Waals surface area contributed by atoms with Crippen LogP contribution in [0.25, 0.3) is 11.1 Å². The highest BCUT2D eigenvalue weighted by molar-refractivity contribution is 5.64. The van der Waals surface area contributed by atoms with Gasteiger partial charge in [-0.1, -0.05) is 88.3 Å². The van der Waals surface area contributed by atoms with E-state index in [-0.39, 0.29) is 6.10 Å². The van der Waals surface area contributed by atoms with Crippen LogP contribution in [0.1, 0.15) is 83.8 Å². The van der Waals surface area contributed by atoms with Crippen LogP contribution in [0.4, 0.5) is 0 Å². The Morgan fingerprint density at radius 1 is 0.679 bits per heavy atom. The van der Waals surface area contributed by atoms with E-state index in [2.05, 4.69) is 50.2 Å². The van der Waals surface area contributed by atoms with Crippen molar-refractivity contribution in [1.82, 2.24) is 0 Å². The zero-order valence-electron chi connectivity index (χ0n) is 18.1. The summed E-state index contributed by atoms with van der Waals surface area (Å²) in [5, 5.41) is 0. The zero-order valence-corrected chi connectivity index (χ0v) is 18.1. The molecule has 0 heterocycles. The molecule has 0 amide bonds. The van der Waals surface area contributed by atoms with Gasteiger partial charge in [-0.15, -0.1) is 0 Å². The SMILES string of the molecule is CCCCCCCCCCOC(C)c1ccc(-c2ccc(OCC)cc2)cc1. The normalized spacial score (nSPS) is 12.1. The van der Waals surface area contributed by atoms with Crippen molar-refractivity contribution in [2.24, 2.45) is 0 Å². The molecule has 0 aliphatic heterocycles. The molecule has 2 aromatic rings. The molecule has 0 N–H and O–H groups in total. The maximum atomic E-state index is 6.04. The molecule has 0 bridgehead atoms. The van der Waals surface area contributed by atoms with E-state index in [1.807, 2.05) is 19.1 Å². The Kier molecular flexibility index (Phi) is 10.8. The molecular weight excluding hydrogens is 344 g/mol. The average Bonchev–Trinajstić information content (AvgIpc) is 2.73. The average molecular weight is 383 g/mol. The van der Waals surface area contributed by atoms with Crippen molar-refractivity contribution in [1.29, 1.82) is 0 Å². The van der Waals surface area contributed by atoms with Crippen LogP contribution in [-0.4, -0.2) is 13.2 Å². The maximum Gasteiger partial charge on any atom is 0.119 e. The summed E-state index contributed by atoms with van der Waals surface area (Å²) < 4.78 is 11.6. The van der Waals surface area contributed by atoms with Crippen molar-refractivity contribution in [2.45, 2.75) is 78.2 Å². The molecule has 0 spiro atoms. The molecule has 0 saturated carbocycles. The first-order chi connectivity index (χ1) is 13.7. The number of hydrogen-bond donors (Lipinski definition) is 0. The van der Waals surface area contributed by atoms with Gasteiger partial charge in [0.25, 0.3) is 0 Å². The second-order valence-electron chi connectivity index (χ2n) is 7.57. The Morgan fingerprint density at radius 2 is 1.21 bits per heavy atom. The molecule has 1 atom stereocenters. The highest BCUT2D eigenvalue weighted by Gasteiger charge is 2.06. The molecule has 0 fully saturated rings. The van der Waals surface area contributed by atoms with E-state index in [1.165, 1.54) is 68.1 Å². The van der Waals surface area contributed by atoms with E-state index in [9.17, 15) is 0 Å². The Hall–Kier alpha value is -1.80. The van der Waals surface area contributed by atoms with Crippen molar-refractivity contribution in [2.75, 3.05) is 13.2 Å². The zero-order chi connectivity index (χ0) is 20.0. The molecular formula is C26H38O2. The van der Waals surface area contributed by atoms with E-state index < -0.39 is 0 Å². The molecule has 0 aliphatic rings. The molecule has 2 rings (SSSR count). The highest BCUT2D eigenvalue weighted by Crippen LogP contribution is 2.25. The molecule has 0 aliphatic carbocycles. The fraction of sp³-hybridized carbons (Fsp3) is 0.538. The van der Waals surface area contributed by atoms with Crippen LogP contribution in [0.15, 0.2) is 48.5 Å². The van der Waals surface area contributed by atoms with Crippen molar-refractivity contribution >= 4 is 0 Å². The Morgan fingerprint density at radius 3 is 1.79 bits per heavy atom. The van der Waals surface area contributed by atoms with Gasteiger partial charge in [0.05, 0.1) is 12.7 Å².